The van der Waals surface area contributed by atoms with Crippen molar-refractivity contribution < 1.29 is 19.2 Å². The van der Waals surface area contributed by atoms with Gasteiger partial charge in [0.1, 0.15) is 23.1 Å². The first kappa shape index (κ1) is 22.0. The van der Waals surface area contributed by atoms with Crippen LogP contribution in [0.25, 0.3) is 5.57 Å². The molecule has 2 heterocycles. The van der Waals surface area contributed by atoms with Crippen LogP contribution in [0.3, 0.4) is 0 Å². The van der Waals surface area contributed by atoms with Gasteiger partial charge in [-0.15, -0.1) is 0 Å². The highest BCUT2D eigenvalue weighted by atomic mass is 32.1. The molecule has 158 valence electrons. The van der Waals surface area contributed by atoms with Gasteiger partial charge in [-0.2, -0.15) is 5.26 Å². The number of carbonyl (C=O) groups excluding carboxylic acids is 2. The summed E-state index contributed by atoms with van der Waals surface area (Å²) in [5, 5.41) is 18.1. The van der Waals surface area contributed by atoms with Gasteiger partial charge in [0.25, 0.3) is 11.8 Å². The number of halogens is 1. The van der Waals surface area contributed by atoms with Crippen LogP contribution in [0.4, 0.5) is 15.8 Å². The van der Waals surface area contributed by atoms with Crippen LogP contribution < -0.4 is 15.3 Å². The molecular weight excluding hydrogens is 421 g/mol. The van der Waals surface area contributed by atoms with Crippen molar-refractivity contribution in [2.45, 2.75) is 26.3 Å². The Labute approximate surface area is 183 Å². The largest absolute Gasteiger partial charge is 0.303 e. The molecule has 0 bridgehead atoms. The van der Waals surface area contributed by atoms with E-state index in [1.807, 2.05) is 6.07 Å². The summed E-state index contributed by atoms with van der Waals surface area (Å²) >= 11 is 5.55. The van der Waals surface area contributed by atoms with Crippen LogP contribution in [0.5, 0.6) is 0 Å². The lowest BCUT2D eigenvalue weighted by Crippen LogP contribution is -2.44. The van der Waals surface area contributed by atoms with Gasteiger partial charge < -0.3 is 4.90 Å². The average molecular weight is 439 g/mol. The Morgan fingerprint density at radius 3 is 2.55 bits per heavy atom. The summed E-state index contributed by atoms with van der Waals surface area (Å²) in [6, 6.07) is 7.26. The molecule has 0 unspecified atom stereocenters. The monoisotopic (exact) mass is 439 g/mol. The number of hydrogen-bond donors (Lipinski definition) is 2. The Hall–Kier alpha value is -3.68. The normalized spacial score (nSPS) is 15.1. The zero-order valence-corrected chi connectivity index (χ0v) is 17.7. The van der Waals surface area contributed by atoms with Gasteiger partial charge in [0.05, 0.1) is 17.4 Å². The smallest absolute Gasteiger partial charge is 0.277 e. The minimum Gasteiger partial charge on any atom is -0.303 e. The number of hydrogen-bond acceptors (Lipinski definition) is 6. The average Bonchev–Trinajstić information content (AvgIpc) is 2.90. The SMILES string of the molecule is C=C(C)c1cc(N2C(=O)C(C)(C)N(c3ccc(C(=O)NO)c(F)c3)C2=S)cnc1C#N. The van der Waals surface area contributed by atoms with E-state index in [1.54, 1.807) is 26.8 Å². The summed E-state index contributed by atoms with van der Waals surface area (Å²) in [6.45, 7) is 8.82. The predicted octanol–water partition coefficient (Wildman–Crippen LogP) is 3.16. The first-order valence-electron chi connectivity index (χ1n) is 9.03. The maximum Gasteiger partial charge on any atom is 0.277 e. The van der Waals surface area contributed by atoms with E-state index in [1.165, 1.54) is 33.6 Å². The fourth-order valence-corrected chi connectivity index (χ4v) is 3.86. The van der Waals surface area contributed by atoms with Crippen molar-refractivity contribution in [3.05, 3.63) is 59.7 Å². The van der Waals surface area contributed by atoms with Crippen molar-refractivity contribution >= 4 is 46.1 Å². The lowest BCUT2D eigenvalue weighted by Gasteiger charge is -2.29. The molecule has 1 aromatic carbocycles. The number of allylic oxidation sites excluding steroid dienone is 1. The highest BCUT2D eigenvalue weighted by molar-refractivity contribution is 7.81. The second kappa shape index (κ2) is 7.86. The number of pyridine rings is 1. The Bertz CT molecular complexity index is 1190. The number of nitrogens with one attached hydrogen (secondary N) is 1. The van der Waals surface area contributed by atoms with Crippen LogP contribution in [-0.2, 0) is 4.79 Å². The predicted molar refractivity (Wildman–Crippen MR) is 116 cm³/mol. The van der Waals surface area contributed by atoms with Gasteiger partial charge in [0, 0.05) is 11.3 Å². The number of thiocarbonyl (C=S) groups is 1. The summed E-state index contributed by atoms with van der Waals surface area (Å²) in [5.41, 5.74) is 1.68. The van der Waals surface area contributed by atoms with Gasteiger partial charge in [0.2, 0.25) is 0 Å². The van der Waals surface area contributed by atoms with Crippen molar-refractivity contribution in [3.8, 4) is 6.07 Å². The molecule has 1 saturated heterocycles. The van der Waals surface area contributed by atoms with Crippen molar-refractivity contribution in [1.82, 2.24) is 10.5 Å². The number of anilines is 2. The number of nitriles is 1. The summed E-state index contributed by atoms with van der Waals surface area (Å²) in [6.07, 6.45) is 1.37. The van der Waals surface area contributed by atoms with E-state index in [0.717, 1.165) is 6.07 Å². The Morgan fingerprint density at radius 2 is 2.00 bits per heavy atom. The van der Waals surface area contributed by atoms with Crippen LogP contribution in [0.1, 0.15) is 42.4 Å². The highest BCUT2D eigenvalue weighted by Crippen LogP contribution is 2.37. The second-order valence-corrected chi connectivity index (χ2v) is 7.77. The second-order valence-electron chi connectivity index (χ2n) is 7.40. The van der Waals surface area contributed by atoms with Crippen LogP contribution in [0, 0.1) is 17.1 Å². The van der Waals surface area contributed by atoms with Gasteiger partial charge in [0.15, 0.2) is 5.11 Å². The molecule has 1 aliphatic rings. The number of benzene rings is 1. The quantitative estimate of drug-likeness (QED) is 0.428. The van der Waals surface area contributed by atoms with Crippen LogP contribution in [0.2, 0.25) is 0 Å². The number of nitrogens with zero attached hydrogens (tertiary/aromatic N) is 4. The third-order valence-electron chi connectivity index (χ3n) is 4.92. The van der Waals surface area contributed by atoms with Gasteiger partial charge in [-0.1, -0.05) is 6.58 Å². The lowest BCUT2D eigenvalue weighted by atomic mass is 10.0. The number of hydroxylamine groups is 1. The first-order valence-corrected chi connectivity index (χ1v) is 9.44. The molecule has 0 aliphatic carbocycles. The third kappa shape index (κ3) is 3.54. The van der Waals surface area contributed by atoms with E-state index in [9.17, 15) is 19.2 Å². The zero-order valence-electron chi connectivity index (χ0n) is 16.9. The Morgan fingerprint density at radius 1 is 1.32 bits per heavy atom. The number of rotatable bonds is 4. The molecule has 31 heavy (non-hydrogen) atoms. The summed E-state index contributed by atoms with van der Waals surface area (Å²) in [7, 11) is 0. The van der Waals surface area contributed by atoms with E-state index < -0.39 is 17.3 Å². The van der Waals surface area contributed by atoms with Crippen LogP contribution >= 0.6 is 12.2 Å². The van der Waals surface area contributed by atoms with Crippen molar-refractivity contribution in [3.63, 3.8) is 0 Å². The van der Waals surface area contributed by atoms with E-state index in [4.69, 9.17) is 17.4 Å². The molecule has 2 N–H and O–H groups in total. The molecule has 10 heteroatoms. The minimum atomic E-state index is -1.18. The molecule has 1 aliphatic heterocycles. The third-order valence-corrected chi connectivity index (χ3v) is 5.29. The molecule has 0 spiro atoms. The van der Waals surface area contributed by atoms with Gasteiger partial charge >= 0.3 is 0 Å². The summed E-state index contributed by atoms with van der Waals surface area (Å²) < 4.78 is 14.5. The first-order chi connectivity index (χ1) is 14.5. The molecule has 3 rings (SSSR count). The molecular formula is C21H18FN5O3S. The van der Waals surface area contributed by atoms with Crippen molar-refractivity contribution in [1.29, 1.82) is 5.26 Å². The molecule has 0 saturated carbocycles. The zero-order chi connectivity index (χ0) is 23.1. The molecule has 1 aromatic heterocycles. The molecule has 1 fully saturated rings. The van der Waals surface area contributed by atoms with E-state index in [0.29, 0.717) is 16.8 Å². The summed E-state index contributed by atoms with van der Waals surface area (Å²) in [4.78, 5) is 31.6. The minimum absolute atomic E-state index is 0.0768. The summed E-state index contributed by atoms with van der Waals surface area (Å²) in [5.74, 6) is -2.27. The van der Waals surface area contributed by atoms with Gasteiger partial charge in [-0.3, -0.25) is 19.7 Å². The van der Waals surface area contributed by atoms with E-state index in [-0.39, 0.29) is 28.0 Å². The maximum absolute atomic E-state index is 14.5. The Kier molecular flexibility index (Phi) is 5.59. The van der Waals surface area contributed by atoms with Crippen molar-refractivity contribution in [2.24, 2.45) is 0 Å². The molecule has 2 aromatic rings. The van der Waals surface area contributed by atoms with Crippen molar-refractivity contribution in [2.75, 3.05) is 9.80 Å². The molecule has 0 radical (unpaired) electrons. The van der Waals surface area contributed by atoms with Gasteiger partial charge in [-0.05, 0) is 62.8 Å². The fraction of sp³-hybridized carbons (Fsp3) is 0.190. The van der Waals surface area contributed by atoms with Crippen LogP contribution in [0.15, 0.2) is 37.0 Å². The van der Waals surface area contributed by atoms with E-state index >= 15 is 0 Å². The maximum atomic E-state index is 14.5. The standard InChI is InChI=1S/C21H18FN5O3S/c1-11(2)15-7-13(10-24-17(15)9-23)26-19(29)21(3,4)27(20(26)31)12-5-6-14(16(22)8-12)18(28)25-30/h5-8,10,30H,1H2,2-4H3,(H,25,28). The topological polar surface area (TPSA) is 110 Å². The molecule has 2 amide bonds. The lowest BCUT2D eigenvalue weighted by molar-refractivity contribution is -0.120. The van der Waals surface area contributed by atoms with Gasteiger partial charge in [-0.25, -0.2) is 14.9 Å². The highest BCUT2D eigenvalue weighted by Gasteiger charge is 2.50. The Balaban J connectivity index is 2.09. The number of carbonyl (C=O) groups is 2. The number of amides is 2. The number of aromatic nitrogens is 1. The fourth-order valence-electron chi connectivity index (χ4n) is 3.33. The molecule has 0 atom stereocenters. The van der Waals surface area contributed by atoms with E-state index in [2.05, 4.69) is 11.6 Å². The molecule has 8 nitrogen and oxygen atoms in total. The van der Waals surface area contributed by atoms with Crippen LogP contribution in [-0.4, -0.2) is 32.7 Å².